The highest BCUT2D eigenvalue weighted by molar-refractivity contribution is 6.68. The van der Waals surface area contributed by atoms with E-state index in [9.17, 15) is 10.1 Å². The Hall–Kier alpha value is -0.630. The Morgan fingerprint density at radius 3 is 2.45 bits per heavy atom. The lowest BCUT2D eigenvalue weighted by molar-refractivity contribution is -0.384. The molecule has 1 saturated heterocycles. The van der Waals surface area contributed by atoms with Crippen molar-refractivity contribution in [2.75, 3.05) is 7.11 Å². The number of hydrogen-bond acceptors (Lipinski definition) is 5. The number of methoxy groups -OCH3 is 1. The van der Waals surface area contributed by atoms with Crippen LogP contribution in [0.25, 0.3) is 0 Å². The van der Waals surface area contributed by atoms with Crippen LogP contribution in [-0.4, -0.2) is 21.9 Å². The lowest BCUT2D eigenvalue weighted by Crippen LogP contribution is -2.34. The molecule has 0 aromatic heterocycles. The van der Waals surface area contributed by atoms with E-state index in [-0.39, 0.29) is 12.1 Å². The van der Waals surface area contributed by atoms with Gasteiger partial charge in [-0.1, -0.05) is 34.8 Å². The van der Waals surface area contributed by atoms with Gasteiger partial charge < -0.3 is 4.74 Å². The Morgan fingerprint density at radius 2 is 2.05 bits per heavy atom. The number of non-ortho nitro benzene ring substituents is 1. The van der Waals surface area contributed by atoms with Crippen molar-refractivity contribution in [2.45, 2.75) is 22.0 Å². The van der Waals surface area contributed by atoms with Gasteiger partial charge in [-0.25, -0.2) is 0 Å². The van der Waals surface area contributed by atoms with Gasteiger partial charge in [0, 0.05) is 31.2 Å². The molecule has 0 aliphatic carbocycles. The highest BCUT2D eigenvalue weighted by Crippen LogP contribution is 2.43. The fourth-order valence-corrected chi connectivity index (χ4v) is 2.32. The van der Waals surface area contributed by atoms with Crippen molar-refractivity contribution >= 4 is 40.5 Å². The van der Waals surface area contributed by atoms with Gasteiger partial charge >= 0.3 is 0 Å². The number of nitro benzene ring substituents is 1. The first-order valence-electron chi connectivity index (χ1n) is 5.59. The number of rotatable bonds is 3. The van der Waals surface area contributed by atoms with Crippen molar-refractivity contribution in [2.24, 2.45) is 0 Å². The van der Waals surface area contributed by atoms with Crippen LogP contribution < -0.4 is 5.48 Å². The Kier molecular flexibility index (Phi) is 4.44. The van der Waals surface area contributed by atoms with E-state index in [4.69, 9.17) is 44.4 Å². The molecule has 1 aromatic rings. The summed E-state index contributed by atoms with van der Waals surface area (Å²) in [6.07, 6.45) is 0.248. The average Bonchev–Trinajstić information content (AvgIpc) is 2.84. The van der Waals surface area contributed by atoms with Crippen LogP contribution >= 0.6 is 34.8 Å². The molecule has 2 rings (SSSR count). The number of benzene rings is 1. The maximum Gasteiger partial charge on any atom is 0.269 e. The van der Waals surface area contributed by atoms with E-state index in [2.05, 4.69) is 5.48 Å². The van der Waals surface area contributed by atoms with E-state index >= 15 is 0 Å². The van der Waals surface area contributed by atoms with Crippen molar-refractivity contribution in [3.8, 4) is 0 Å². The molecule has 0 bridgehead atoms. The smallest absolute Gasteiger partial charge is 0.269 e. The predicted molar refractivity (Wildman–Crippen MR) is 74.7 cm³/mol. The number of nitro groups is 1. The molecule has 20 heavy (non-hydrogen) atoms. The van der Waals surface area contributed by atoms with Gasteiger partial charge in [0.2, 0.25) is 9.58 Å². The molecule has 1 N–H and O–H groups in total. The molecule has 1 fully saturated rings. The Morgan fingerprint density at radius 1 is 1.45 bits per heavy atom. The molecule has 1 aliphatic rings. The van der Waals surface area contributed by atoms with Crippen LogP contribution in [0.5, 0.6) is 0 Å². The highest BCUT2D eigenvalue weighted by Gasteiger charge is 2.49. The first kappa shape index (κ1) is 15.8. The van der Waals surface area contributed by atoms with Crippen LogP contribution in [0.3, 0.4) is 0 Å². The second-order valence-electron chi connectivity index (χ2n) is 4.28. The lowest BCUT2D eigenvalue weighted by atomic mass is 9.99. The van der Waals surface area contributed by atoms with Gasteiger partial charge in [-0.05, 0) is 12.1 Å². The molecule has 1 aliphatic heterocycles. The molecule has 6 nitrogen and oxygen atoms in total. The zero-order chi connectivity index (χ0) is 15.0. The van der Waals surface area contributed by atoms with Crippen LogP contribution in [0.15, 0.2) is 24.3 Å². The van der Waals surface area contributed by atoms with E-state index in [1.807, 2.05) is 0 Å². The van der Waals surface area contributed by atoms with Crippen LogP contribution in [0.1, 0.15) is 12.0 Å². The quantitative estimate of drug-likeness (QED) is 0.519. The summed E-state index contributed by atoms with van der Waals surface area (Å²) in [4.78, 5) is 15.6. The summed E-state index contributed by atoms with van der Waals surface area (Å²) in [7, 11) is 1.45. The predicted octanol–water partition coefficient (Wildman–Crippen LogP) is 3.06. The largest absolute Gasteiger partial charge is 0.348 e. The molecule has 0 radical (unpaired) electrons. The van der Waals surface area contributed by atoms with E-state index in [0.717, 1.165) is 0 Å². The third kappa shape index (κ3) is 3.00. The highest BCUT2D eigenvalue weighted by atomic mass is 35.6. The van der Waals surface area contributed by atoms with Crippen molar-refractivity contribution in [1.82, 2.24) is 5.48 Å². The molecule has 0 amide bonds. The minimum absolute atomic E-state index is 0.0242. The molecule has 0 saturated carbocycles. The minimum Gasteiger partial charge on any atom is -0.348 e. The third-order valence-corrected chi connectivity index (χ3v) is 3.87. The second-order valence-corrected chi connectivity index (χ2v) is 6.65. The zero-order valence-corrected chi connectivity index (χ0v) is 12.6. The van der Waals surface area contributed by atoms with Gasteiger partial charge in [-0.2, -0.15) is 5.48 Å². The van der Waals surface area contributed by atoms with Gasteiger partial charge in [-0.3, -0.25) is 15.0 Å². The van der Waals surface area contributed by atoms with Crippen LogP contribution in [0.4, 0.5) is 5.69 Å². The fourth-order valence-electron chi connectivity index (χ4n) is 1.96. The first-order chi connectivity index (χ1) is 9.28. The molecule has 9 heteroatoms. The van der Waals surface area contributed by atoms with Crippen molar-refractivity contribution in [3.05, 3.63) is 39.9 Å². The summed E-state index contributed by atoms with van der Waals surface area (Å²) in [5.41, 5.74) is 3.19. The molecule has 0 spiro atoms. The molecular weight excluding hydrogens is 330 g/mol. The summed E-state index contributed by atoms with van der Waals surface area (Å²) in [5.74, 6) is -1.15. The van der Waals surface area contributed by atoms with Gasteiger partial charge in [0.15, 0.2) is 0 Å². The number of halogens is 3. The van der Waals surface area contributed by atoms with Crippen molar-refractivity contribution in [1.29, 1.82) is 0 Å². The van der Waals surface area contributed by atoms with Crippen LogP contribution in [-0.2, 0) is 15.4 Å². The number of nitrogens with one attached hydrogen (secondary N) is 1. The minimum atomic E-state index is -1.55. The van der Waals surface area contributed by atoms with Crippen LogP contribution in [0.2, 0.25) is 0 Å². The maximum absolute atomic E-state index is 10.6. The molecular formula is C11H11Cl3N2O4. The van der Waals surface area contributed by atoms with Gasteiger partial charge in [0.05, 0.1) is 11.0 Å². The standard InChI is InChI=1S/C11H11Cl3N2O4/c1-19-10(6-9(15-20-10)11(12,13)14)7-2-4-8(5-3-7)16(17)18/h2-5,9,15H,6H2,1H3/t9-,10-/m1/s1. The second kappa shape index (κ2) is 5.63. The van der Waals surface area contributed by atoms with Crippen molar-refractivity contribution in [3.63, 3.8) is 0 Å². The van der Waals surface area contributed by atoms with E-state index in [1.165, 1.54) is 19.2 Å². The zero-order valence-electron chi connectivity index (χ0n) is 10.3. The monoisotopic (exact) mass is 340 g/mol. The Balaban J connectivity index is 2.26. The Bertz CT molecular complexity index is 505. The third-order valence-electron chi connectivity index (χ3n) is 3.08. The van der Waals surface area contributed by atoms with Gasteiger partial charge in [0.25, 0.3) is 5.69 Å². The molecule has 2 atom stereocenters. The summed E-state index contributed by atoms with van der Waals surface area (Å²) in [6, 6.07) is 5.25. The molecule has 110 valence electrons. The molecule has 1 heterocycles. The Labute approximate surface area is 130 Å². The SMILES string of the molecule is CO[C@]1(c2ccc([N+](=O)[O-])cc2)C[C@H](C(Cl)(Cl)Cl)NO1. The lowest BCUT2D eigenvalue weighted by Gasteiger charge is -2.26. The van der Waals surface area contributed by atoms with E-state index in [0.29, 0.717) is 5.56 Å². The molecule has 1 aromatic carbocycles. The summed E-state index contributed by atoms with van der Waals surface area (Å²) in [5, 5.41) is 10.6. The van der Waals surface area contributed by atoms with Crippen molar-refractivity contribution < 1.29 is 14.5 Å². The number of nitrogens with zero attached hydrogens (tertiary/aromatic N) is 1. The average molecular weight is 342 g/mol. The number of hydroxylamine groups is 1. The summed E-state index contributed by atoms with van der Waals surface area (Å²) in [6.45, 7) is 0. The summed E-state index contributed by atoms with van der Waals surface area (Å²) >= 11 is 17.5. The topological polar surface area (TPSA) is 73.6 Å². The van der Waals surface area contributed by atoms with E-state index < -0.39 is 20.5 Å². The van der Waals surface area contributed by atoms with Gasteiger partial charge in [-0.15, -0.1) is 0 Å². The van der Waals surface area contributed by atoms with E-state index in [1.54, 1.807) is 12.1 Å². The molecule has 0 unspecified atom stereocenters. The maximum atomic E-state index is 10.6. The number of alkyl halides is 3. The first-order valence-corrected chi connectivity index (χ1v) is 6.72. The van der Waals surface area contributed by atoms with Gasteiger partial charge in [0.1, 0.15) is 0 Å². The number of ether oxygens (including phenoxy) is 1. The number of hydrogen-bond donors (Lipinski definition) is 1. The normalized spacial score (nSPS) is 26.7. The summed E-state index contributed by atoms with van der Waals surface area (Å²) < 4.78 is 3.83. The fraction of sp³-hybridized carbons (Fsp3) is 0.455. The van der Waals surface area contributed by atoms with Crippen LogP contribution in [0, 0.1) is 10.1 Å².